The number of halogens is 1. The van der Waals surface area contributed by atoms with E-state index in [1.54, 1.807) is 0 Å². The van der Waals surface area contributed by atoms with Crippen molar-refractivity contribution >= 4 is 15.7 Å². The Morgan fingerprint density at radius 3 is 2.60 bits per heavy atom. The highest BCUT2D eigenvalue weighted by Crippen LogP contribution is 2.24. The number of ether oxygens (including phenoxy) is 1. The number of hydrogen-bond acceptors (Lipinski definition) is 4. The number of hydrogen-bond donors (Lipinski definition) is 1. The predicted molar refractivity (Wildman–Crippen MR) is 76.3 cm³/mol. The molecule has 7 heteroatoms. The number of methoxy groups -OCH3 is 1. The molecule has 1 aromatic rings. The number of nitrogen functional groups attached to an aromatic ring is 1. The van der Waals surface area contributed by atoms with Crippen LogP contribution in [-0.4, -0.2) is 39.5 Å². The molecule has 0 aromatic heterocycles. The molecule has 0 amide bonds. The summed E-state index contributed by atoms with van der Waals surface area (Å²) in [5.41, 5.74) is 5.71. The maximum Gasteiger partial charge on any atom is 0.245 e. The number of benzene rings is 1. The quantitative estimate of drug-likeness (QED) is 0.778. The number of anilines is 1. The van der Waals surface area contributed by atoms with E-state index in [1.807, 2.05) is 13.8 Å². The van der Waals surface area contributed by atoms with E-state index in [9.17, 15) is 12.8 Å². The zero-order chi connectivity index (χ0) is 15.3. The van der Waals surface area contributed by atoms with Crippen molar-refractivity contribution in [2.24, 2.45) is 5.92 Å². The van der Waals surface area contributed by atoms with Crippen molar-refractivity contribution < 1.29 is 17.5 Å². The molecule has 20 heavy (non-hydrogen) atoms. The minimum absolute atomic E-state index is 0.0394. The van der Waals surface area contributed by atoms with Gasteiger partial charge in [0.1, 0.15) is 10.7 Å². The highest BCUT2D eigenvalue weighted by atomic mass is 32.2. The highest BCUT2D eigenvalue weighted by molar-refractivity contribution is 7.89. The van der Waals surface area contributed by atoms with Crippen LogP contribution >= 0.6 is 0 Å². The van der Waals surface area contributed by atoms with Crippen molar-refractivity contribution in [3.63, 3.8) is 0 Å². The molecule has 0 aliphatic rings. The molecule has 0 spiro atoms. The summed E-state index contributed by atoms with van der Waals surface area (Å²) in [5.74, 6) is -0.495. The standard InChI is InChI=1S/C13H21FN2O3S/c1-10(2)9-16(6-7-19-3)20(17,18)13-8-11(14)4-5-12(13)15/h4-5,8,10H,6-7,9,15H2,1-3H3. The van der Waals surface area contributed by atoms with E-state index in [0.29, 0.717) is 6.54 Å². The fraction of sp³-hybridized carbons (Fsp3) is 0.538. The lowest BCUT2D eigenvalue weighted by atomic mass is 10.2. The molecule has 0 aliphatic heterocycles. The summed E-state index contributed by atoms with van der Waals surface area (Å²) >= 11 is 0. The first-order chi connectivity index (χ1) is 9.28. The Morgan fingerprint density at radius 1 is 1.40 bits per heavy atom. The lowest BCUT2D eigenvalue weighted by molar-refractivity contribution is 0.175. The smallest absolute Gasteiger partial charge is 0.245 e. The van der Waals surface area contributed by atoms with Crippen molar-refractivity contribution in [1.82, 2.24) is 4.31 Å². The molecular weight excluding hydrogens is 283 g/mol. The van der Waals surface area contributed by atoms with Gasteiger partial charge in [-0.25, -0.2) is 12.8 Å². The monoisotopic (exact) mass is 304 g/mol. The molecule has 0 aliphatic carbocycles. The summed E-state index contributed by atoms with van der Waals surface area (Å²) in [6.45, 7) is 4.60. The van der Waals surface area contributed by atoms with Gasteiger partial charge in [-0.1, -0.05) is 13.8 Å². The molecule has 0 unspecified atom stereocenters. The Bertz CT molecular complexity index is 547. The van der Waals surface area contributed by atoms with Crippen molar-refractivity contribution in [2.75, 3.05) is 32.5 Å². The van der Waals surface area contributed by atoms with Gasteiger partial charge in [-0.3, -0.25) is 0 Å². The van der Waals surface area contributed by atoms with Crippen LogP contribution in [0.5, 0.6) is 0 Å². The molecule has 2 N–H and O–H groups in total. The fourth-order valence-electron chi connectivity index (χ4n) is 1.78. The van der Waals surface area contributed by atoms with E-state index in [-0.39, 0.29) is 29.7 Å². The van der Waals surface area contributed by atoms with Crippen LogP contribution in [0.1, 0.15) is 13.8 Å². The van der Waals surface area contributed by atoms with Crippen LogP contribution in [0.15, 0.2) is 23.1 Å². The first kappa shape index (κ1) is 16.9. The molecule has 1 rings (SSSR count). The molecule has 0 fully saturated rings. The molecule has 0 saturated carbocycles. The van der Waals surface area contributed by atoms with E-state index < -0.39 is 15.8 Å². The van der Waals surface area contributed by atoms with Gasteiger partial charge in [0.05, 0.1) is 12.3 Å². The molecule has 114 valence electrons. The van der Waals surface area contributed by atoms with Crippen molar-refractivity contribution in [2.45, 2.75) is 18.7 Å². The molecule has 0 bridgehead atoms. The van der Waals surface area contributed by atoms with Gasteiger partial charge in [0, 0.05) is 20.2 Å². The van der Waals surface area contributed by atoms with Crippen LogP contribution in [0.3, 0.4) is 0 Å². The fourth-order valence-corrected chi connectivity index (χ4v) is 3.50. The van der Waals surface area contributed by atoms with Gasteiger partial charge in [-0.05, 0) is 24.1 Å². The molecule has 0 saturated heterocycles. The summed E-state index contributed by atoms with van der Waals surface area (Å²) in [5, 5.41) is 0. The van der Waals surface area contributed by atoms with Crippen LogP contribution in [0.2, 0.25) is 0 Å². The SMILES string of the molecule is COCCN(CC(C)C)S(=O)(=O)c1cc(F)ccc1N. The number of nitrogens with two attached hydrogens (primary N) is 1. The molecule has 0 atom stereocenters. The van der Waals surface area contributed by atoms with Gasteiger partial charge in [0.2, 0.25) is 10.0 Å². The van der Waals surface area contributed by atoms with Gasteiger partial charge in [-0.15, -0.1) is 0 Å². The van der Waals surface area contributed by atoms with E-state index in [4.69, 9.17) is 10.5 Å². The second-order valence-electron chi connectivity index (χ2n) is 4.93. The lowest BCUT2D eigenvalue weighted by Gasteiger charge is -2.24. The third-order valence-corrected chi connectivity index (χ3v) is 4.63. The van der Waals surface area contributed by atoms with Gasteiger partial charge in [0.15, 0.2) is 0 Å². The minimum Gasteiger partial charge on any atom is -0.398 e. The van der Waals surface area contributed by atoms with Gasteiger partial charge >= 0.3 is 0 Å². The molecule has 5 nitrogen and oxygen atoms in total. The molecular formula is C13H21FN2O3S. The van der Waals surface area contributed by atoms with Gasteiger partial charge in [-0.2, -0.15) is 4.31 Å². The summed E-state index contributed by atoms with van der Waals surface area (Å²) in [6, 6.07) is 3.34. The first-order valence-corrected chi connectivity index (χ1v) is 7.77. The van der Waals surface area contributed by atoms with E-state index in [1.165, 1.54) is 17.5 Å². The predicted octanol–water partition coefficient (Wildman–Crippen LogP) is 1.70. The van der Waals surface area contributed by atoms with E-state index >= 15 is 0 Å². The lowest BCUT2D eigenvalue weighted by Crippen LogP contribution is -2.37. The Morgan fingerprint density at radius 2 is 2.05 bits per heavy atom. The number of nitrogens with zero attached hydrogens (tertiary/aromatic N) is 1. The normalized spacial score (nSPS) is 12.3. The maximum atomic E-state index is 13.3. The zero-order valence-corrected chi connectivity index (χ0v) is 12.8. The number of sulfonamides is 1. The second kappa shape index (κ2) is 7.01. The summed E-state index contributed by atoms with van der Waals surface area (Å²) < 4.78 is 44.6. The first-order valence-electron chi connectivity index (χ1n) is 6.33. The third-order valence-electron chi connectivity index (χ3n) is 2.71. The topological polar surface area (TPSA) is 72.6 Å². The summed E-state index contributed by atoms with van der Waals surface area (Å²) in [4.78, 5) is -0.200. The Balaban J connectivity index is 3.17. The zero-order valence-electron chi connectivity index (χ0n) is 12.0. The second-order valence-corrected chi connectivity index (χ2v) is 6.84. The van der Waals surface area contributed by atoms with Crippen LogP contribution in [0, 0.1) is 11.7 Å². The van der Waals surface area contributed by atoms with Crippen LogP contribution in [0.4, 0.5) is 10.1 Å². The van der Waals surface area contributed by atoms with Crippen LogP contribution < -0.4 is 5.73 Å². The largest absolute Gasteiger partial charge is 0.398 e. The Hall–Kier alpha value is -1.18. The average molecular weight is 304 g/mol. The maximum absolute atomic E-state index is 13.3. The number of rotatable bonds is 7. The summed E-state index contributed by atoms with van der Waals surface area (Å²) in [7, 11) is -2.34. The molecule has 0 radical (unpaired) electrons. The van der Waals surface area contributed by atoms with Crippen LogP contribution in [0.25, 0.3) is 0 Å². The summed E-state index contributed by atoms with van der Waals surface area (Å²) in [6.07, 6.45) is 0. The van der Waals surface area contributed by atoms with Crippen molar-refractivity contribution in [3.8, 4) is 0 Å². The minimum atomic E-state index is -3.83. The van der Waals surface area contributed by atoms with Gasteiger partial charge in [0.25, 0.3) is 0 Å². The molecule has 1 aromatic carbocycles. The van der Waals surface area contributed by atoms with E-state index in [2.05, 4.69) is 0 Å². The van der Waals surface area contributed by atoms with E-state index in [0.717, 1.165) is 12.1 Å². The molecule has 0 heterocycles. The average Bonchev–Trinajstić information content (AvgIpc) is 2.36. The van der Waals surface area contributed by atoms with Crippen molar-refractivity contribution in [3.05, 3.63) is 24.0 Å². The van der Waals surface area contributed by atoms with Crippen LogP contribution in [-0.2, 0) is 14.8 Å². The van der Waals surface area contributed by atoms with Gasteiger partial charge < -0.3 is 10.5 Å². The Labute approximate surface area is 119 Å². The highest BCUT2D eigenvalue weighted by Gasteiger charge is 2.27. The Kier molecular flexibility index (Phi) is 5.91. The third kappa shape index (κ3) is 4.16. The van der Waals surface area contributed by atoms with Crippen molar-refractivity contribution in [1.29, 1.82) is 0 Å².